The highest BCUT2D eigenvalue weighted by atomic mass is 16.5. The zero-order valence-electron chi connectivity index (χ0n) is 14.1. The Bertz CT molecular complexity index is 985. The second-order valence-electron chi connectivity index (χ2n) is 5.99. The Hall–Kier alpha value is -3.46. The van der Waals surface area contributed by atoms with Gasteiger partial charge in [0.05, 0.1) is 0 Å². The van der Waals surface area contributed by atoms with Crippen LogP contribution >= 0.6 is 0 Å². The highest BCUT2D eigenvalue weighted by Crippen LogP contribution is 2.28. The molecule has 0 atom stereocenters. The molecular formula is C23H17NO2. The number of carbonyl (C=O) groups is 1. The van der Waals surface area contributed by atoms with E-state index >= 15 is 0 Å². The Morgan fingerprint density at radius 1 is 0.731 bits per heavy atom. The van der Waals surface area contributed by atoms with Crippen LogP contribution in [-0.2, 0) is 4.74 Å². The number of ether oxygens (including phenoxy) is 1. The summed E-state index contributed by atoms with van der Waals surface area (Å²) in [6.45, 7) is 0. The van der Waals surface area contributed by atoms with E-state index in [4.69, 9.17) is 4.74 Å². The molecule has 3 nitrogen and oxygen atoms in total. The summed E-state index contributed by atoms with van der Waals surface area (Å²) in [5.41, 5.74) is 2.18. The minimum atomic E-state index is -0.481. The van der Waals surface area contributed by atoms with Crippen LogP contribution in [0.2, 0.25) is 0 Å². The van der Waals surface area contributed by atoms with Crippen molar-refractivity contribution < 1.29 is 9.53 Å². The molecule has 0 aliphatic heterocycles. The van der Waals surface area contributed by atoms with Crippen LogP contribution in [0.5, 0.6) is 0 Å². The summed E-state index contributed by atoms with van der Waals surface area (Å²) in [6, 6.07) is 29.1. The van der Waals surface area contributed by atoms with E-state index < -0.39 is 12.1 Å². The lowest BCUT2D eigenvalue weighted by atomic mass is 10.0. The van der Waals surface area contributed by atoms with E-state index in [0.717, 1.165) is 21.9 Å². The third kappa shape index (κ3) is 3.20. The largest absolute Gasteiger partial charge is 0.448 e. The Kier molecular flexibility index (Phi) is 4.44. The second-order valence-corrected chi connectivity index (χ2v) is 5.99. The summed E-state index contributed by atoms with van der Waals surface area (Å²) in [5, 5.41) is 1.75. The summed E-state index contributed by atoms with van der Waals surface area (Å²) >= 11 is 0. The molecule has 0 aliphatic rings. The molecular weight excluding hydrogens is 322 g/mol. The first kappa shape index (κ1) is 16.0. The minimum absolute atomic E-state index is 0.333. The molecule has 1 aromatic heterocycles. The third-order valence-corrected chi connectivity index (χ3v) is 4.30. The van der Waals surface area contributed by atoms with E-state index in [2.05, 4.69) is 4.98 Å². The number of pyridine rings is 1. The van der Waals surface area contributed by atoms with Crippen LogP contribution in [0.3, 0.4) is 0 Å². The molecule has 0 N–H and O–H groups in total. The first-order chi connectivity index (χ1) is 12.8. The molecule has 3 heteroatoms. The lowest BCUT2D eigenvalue weighted by molar-refractivity contribution is 0.0373. The van der Waals surface area contributed by atoms with Gasteiger partial charge in [-0.15, -0.1) is 0 Å². The monoisotopic (exact) mass is 339 g/mol. The molecule has 4 rings (SSSR count). The second kappa shape index (κ2) is 7.19. The maximum Gasteiger partial charge on any atom is 0.358 e. The Morgan fingerprint density at radius 2 is 1.31 bits per heavy atom. The van der Waals surface area contributed by atoms with Crippen LogP contribution in [0, 0.1) is 0 Å². The molecule has 0 fully saturated rings. The number of carbonyl (C=O) groups excluding carboxylic acids is 1. The quantitative estimate of drug-likeness (QED) is 0.481. The van der Waals surface area contributed by atoms with Gasteiger partial charge < -0.3 is 4.74 Å². The summed E-state index contributed by atoms with van der Waals surface area (Å²) in [7, 11) is 0. The molecule has 3 aromatic carbocycles. The Labute approximate surface area is 151 Å². The maximum absolute atomic E-state index is 12.9. The van der Waals surface area contributed by atoms with Gasteiger partial charge in [-0.05, 0) is 22.6 Å². The lowest BCUT2D eigenvalue weighted by Gasteiger charge is -2.19. The number of rotatable bonds is 4. The summed E-state index contributed by atoms with van der Waals surface area (Å²) in [6.07, 6.45) is 1.16. The third-order valence-electron chi connectivity index (χ3n) is 4.30. The van der Waals surface area contributed by atoms with Gasteiger partial charge in [-0.2, -0.15) is 0 Å². The molecule has 0 spiro atoms. The molecule has 0 saturated heterocycles. The van der Waals surface area contributed by atoms with Crippen LogP contribution in [0.1, 0.15) is 27.7 Å². The number of fused-ring (bicyclic) bond motifs is 1. The van der Waals surface area contributed by atoms with Gasteiger partial charge in [0.15, 0.2) is 11.8 Å². The van der Waals surface area contributed by atoms with Crippen LogP contribution in [0.4, 0.5) is 0 Å². The lowest BCUT2D eigenvalue weighted by Crippen LogP contribution is -2.14. The molecule has 126 valence electrons. The predicted molar refractivity (Wildman–Crippen MR) is 102 cm³/mol. The Morgan fingerprint density at radius 3 is 1.96 bits per heavy atom. The number of nitrogens with zero attached hydrogens (tertiary/aromatic N) is 1. The zero-order valence-corrected chi connectivity index (χ0v) is 14.1. The van der Waals surface area contributed by atoms with Gasteiger partial charge in [-0.1, -0.05) is 84.9 Å². The van der Waals surface area contributed by atoms with Crippen molar-refractivity contribution in [3.8, 4) is 0 Å². The summed E-state index contributed by atoms with van der Waals surface area (Å²) in [4.78, 5) is 17.2. The van der Waals surface area contributed by atoms with Gasteiger partial charge in [0.25, 0.3) is 0 Å². The standard InChI is InChI=1S/C23H17NO2/c25-23(21-20-14-8-7-9-17(20)15-16-24-21)26-22(18-10-3-1-4-11-18)19-12-5-2-6-13-19/h1-16,22H. The molecule has 1 heterocycles. The minimum Gasteiger partial charge on any atom is -0.448 e. The van der Waals surface area contributed by atoms with Crippen LogP contribution in [-0.4, -0.2) is 11.0 Å². The fourth-order valence-electron chi connectivity index (χ4n) is 3.03. The topological polar surface area (TPSA) is 39.2 Å². The fraction of sp³-hybridized carbons (Fsp3) is 0.0435. The first-order valence-corrected chi connectivity index (χ1v) is 8.47. The van der Waals surface area contributed by atoms with Crippen molar-refractivity contribution in [1.82, 2.24) is 4.98 Å². The van der Waals surface area contributed by atoms with Gasteiger partial charge in [0.1, 0.15) is 0 Å². The maximum atomic E-state index is 12.9. The van der Waals surface area contributed by atoms with E-state index in [1.165, 1.54) is 0 Å². The molecule has 0 saturated carbocycles. The van der Waals surface area contributed by atoms with Gasteiger partial charge in [-0.3, -0.25) is 0 Å². The summed E-state index contributed by atoms with van der Waals surface area (Å²) in [5.74, 6) is -0.431. The van der Waals surface area contributed by atoms with E-state index in [0.29, 0.717) is 5.69 Å². The van der Waals surface area contributed by atoms with Crippen molar-refractivity contribution in [2.45, 2.75) is 6.10 Å². The molecule has 0 radical (unpaired) electrons. The predicted octanol–water partition coefficient (Wildman–Crippen LogP) is 5.18. The van der Waals surface area contributed by atoms with Crippen LogP contribution < -0.4 is 0 Å². The van der Waals surface area contributed by atoms with Crippen molar-refractivity contribution in [2.24, 2.45) is 0 Å². The van der Waals surface area contributed by atoms with E-state index in [-0.39, 0.29) is 0 Å². The normalized spacial score (nSPS) is 10.8. The van der Waals surface area contributed by atoms with Crippen LogP contribution in [0.25, 0.3) is 10.8 Å². The van der Waals surface area contributed by atoms with Crippen molar-refractivity contribution in [2.75, 3.05) is 0 Å². The number of hydrogen-bond donors (Lipinski definition) is 0. The highest BCUT2D eigenvalue weighted by Gasteiger charge is 2.22. The van der Waals surface area contributed by atoms with E-state index in [1.807, 2.05) is 91.0 Å². The van der Waals surface area contributed by atoms with E-state index in [1.54, 1.807) is 6.20 Å². The Balaban J connectivity index is 1.73. The zero-order chi connectivity index (χ0) is 17.8. The van der Waals surface area contributed by atoms with Gasteiger partial charge in [0, 0.05) is 11.6 Å². The number of hydrogen-bond acceptors (Lipinski definition) is 3. The number of aromatic nitrogens is 1. The summed E-state index contributed by atoms with van der Waals surface area (Å²) < 4.78 is 5.92. The van der Waals surface area contributed by atoms with Crippen molar-refractivity contribution in [3.63, 3.8) is 0 Å². The number of esters is 1. The van der Waals surface area contributed by atoms with E-state index in [9.17, 15) is 4.79 Å². The number of benzene rings is 3. The average Bonchev–Trinajstić information content (AvgIpc) is 2.72. The van der Waals surface area contributed by atoms with Gasteiger partial charge in [0.2, 0.25) is 0 Å². The highest BCUT2D eigenvalue weighted by molar-refractivity contribution is 6.02. The average molecular weight is 339 g/mol. The molecule has 0 aliphatic carbocycles. The molecule has 0 bridgehead atoms. The first-order valence-electron chi connectivity index (χ1n) is 8.47. The molecule has 0 amide bonds. The molecule has 26 heavy (non-hydrogen) atoms. The van der Waals surface area contributed by atoms with Crippen LogP contribution in [0.15, 0.2) is 97.2 Å². The van der Waals surface area contributed by atoms with Gasteiger partial charge >= 0.3 is 5.97 Å². The molecule has 4 aromatic rings. The van der Waals surface area contributed by atoms with Gasteiger partial charge in [-0.25, -0.2) is 9.78 Å². The van der Waals surface area contributed by atoms with Crippen molar-refractivity contribution in [3.05, 3.63) is 114 Å². The smallest absolute Gasteiger partial charge is 0.358 e. The SMILES string of the molecule is O=C(OC(c1ccccc1)c1ccccc1)c1nccc2ccccc12. The van der Waals surface area contributed by atoms with Crippen molar-refractivity contribution in [1.29, 1.82) is 0 Å². The van der Waals surface area contributed by atoms with Crippen molar-refractivity contribution >= 4 is 16.7 Å². The molecule has 0 unspecified atom stereocenters. The fourth-order valence-corrected chi connectivity index (χ4v) is 3.03.